The van der Waals surface area contributed by atoms with Crippen LogP contribution in [0, 0.1) is 0 Å². The van der Waals surface area contributed by atoms with E-state index in [1.54, 1.807) is 0 Å². The van der Waals surface area contributed by atoms with Crippen molar-refractivity contribution in [3.05, 3.63) is 212 Å². The molecule has 10 aromatic carbocycles. The second-order valence-electron chi connectivity index (χ2n) is 14.4. The predicted molar refractivity (Wildman–Crippen MR) is 235 cm³/mol. The van der Waals surface area contributed by atoms with E-state index in [4.69, 9.17) is 0 Å². The topological polar surface area (TPSA) is 4.93 Å². The lowest BCUT2D eigenvalue weighted by Crippen LogP contribution is -1.95. The van der Waals surface area contributed by atoms with Gasteiger partial charge in [-0.3, -0.25) is 0 Å². The minimum Gasteiger partial charge on any atom is -0.309 e. The van der Waals surface area contributed by atoms with Crippen molar-refractivity contribution in [1.82, 2.24) is 4.57 Å². The molecular weight excluding hydrogens is 663 g/mol. The zero-order chi connectivity index (χ0) is 36.3. The number of hydrogen-bond donors (Lipinski definition) is 0. The van der Waals surface area contributed by atoms with Crippen LogP contribution in [0.2, 0.25) is 0 Å². The Morgan fingerprint density at radius 2 is 0.764 bits per heavy atom. The van der Waals surface area contributed by atoms with Crippen molar-refractivity contribution in [2.45, 2.75) is 0 Å². The fraction of sp³-hybridized carbons (Fsp3) is 0. The summed E-state index contributed by atoms with van der Waals surface area (Å²) < 4.78 is 2.42. The lowest BCUT2D eigenvalue weighted by molar-refractivity contribution is 1.18. The molecule has 1 heterocycles. The van der Waals surface area contributed by atoms with Crippen LogP contribution in [0.25, 0.3) is 104 Å². The molecule has 0 radical (unpaired) electrons. The second kappa shape index (κ2) is 12.7. The molecule has 0 amide bonds. The van der Waals surface area contributed by atoms with Gasteiger partial charge in [-0.15, -0.1) is 0 Å². The molecule has 0 unspecified atom stereocenters. The molecule has 0 atom stereocenters. The first kappa shape index (κ1) is 31.3. The molecule has 256 valence electrons. The summed E-state index contributed by atoms with van der Waals surface area (Å²) in [6, 6.07) is 77.7. The Morgan fingerprint density at radius 1 is 0.255 bits per heavy atom. The van der Waals surface area contributed by atoms with Crippen molar-refractivity contribution in [3.63, 3.8) is 0 Å². The Morgan fingerprint density at radius 3 is 1.49 bits per heavy atom. The molecule has 55 heavy (non-hydrogen) atoms. The van der Waals surface area contributed by atoms with E-state index >= 15 is 0 Å². The molecule has 0 aliphatic heterocycles. The van der Waals surface area contributed by atoms with Gasteiger partial charge in [0, 0.05) is 16.5 Å². The van der Waals surface area contributed by atoms with Crippen LogP contribution in [0.15, 0.2) is 212 Å². The third-order valence-corrected chi connectivity index (χ3v) is 11.4. The highest BCUT2D eigenvalue weighted by atomic mass is 15.0. The van der Waals surface area contributed by atoms with Crippen LogP contribution in [-0.4, -0.2) is 4.57 Å². The lowest BCUT2D eigenvalue weighted by Gasteiger charge is -2.20. The molecule has 0 spiro atoms. The van der Waals surface area contributed by atoms with E-state index in [-0.39, 0.29) is 0 Å². The highest BCUT2D eigenvalue weighted by Crippen LogP contribution is 2.46. The third-order valence-electron chi connectivity index (χ3n) is 11.4. The van der Waals surface area contributed by atoms with Gasteiger partial charge in [-0.05, 0) is 113 Å². The number of para-hydroxylation sites is 1. The van der Waals surface area contributed by atoms with Crippen LogP contribution in [0.3, 0.4) is 0 Å². The Balaban J connectivity index is 1.07. The Labute approximate surface area is 320 Å². The quantitative estimate of drug-likeness (QED) is 0.158. The largest absolute Gasteiger partial charge is 0.309 e. The molecule has 1 heteroatoms. The zero-order valence-corrected chi connectivity index (χ0v) is 30.2. The maximum Gasteiger partial charge on any atom is 0.0541 e. The molecule has 0 saturated carbocycles. The summed E-state index contributed by atoms with van der Waals surface area (Å²) in [4.78, 5) is 0. The molecular formula is C54H35N. The average Bonchev–Trinajstić information content (AvgIpc) is 3.59. The molecule has 0 saturated heterocycles. The molecule has 0 aliphatic rings. The molecule has 0 fully saturated rings. The lowest BCUT2D eigenvalue weighted by atomic mass is 9.84. The maximum absolute atomic E-state index is 2.42. The van der Waals surface area contributed by atoms with Gasteiger partial charge in [0.25, 0.3) is 0 Å². The summed E-state index contributed by atoms with van der Waals surface area (Å²) in [5.74, 6) is 0. The van der Waals surface area contributed by atoms with Gasteiger partial charge >= 0.3 is 0 Å². The monoisotopic (exact) mass is 697 g/mol. The fourth-order valence-electron chi connectivity index (χ4n) is 8.88. The van der Waals surface area contributed by atoms with Crippen LogP contribution in [0.1, 0.15) is 0 Å². The van der Waals surface area contributed by atoms with E-state index in [1.165, 1.54) is 98.6 Å². The Bertz CT molecular complexity index is 3180. The summed E-state index contributed by atoms with van der Waals surface area (Å²) in [5, 5.41) is 10.1. The maximum atomic E-state index is 2.42. The molecule has 0 bridgehead atoms. The average molecular weight is 698 g/mol. The van der Waals surface area contributed by atoms with Gasteiger partial charge in [-0.1, -0.05) is 176 Å². The van der Waals surface area contributed by atoms with Gasteiger partial charge in [0.15, 0.2) is 0 Å². The molecule has 11 aromatic rings. The van der Waals surface area contributed by atoms with Crippen molar-refractivity contribution < 1.29 is 0 Å². The minimum atomic E-state index is 1.15. The van der Waals surface area contributed by atoms with E-state index in [9.17, 15) is 0 Å². The second-order valence-corrected chi connectivity index (χ2v) is 14.4. The fourth-order valence-corrected chi connectivity index (χ4v) is 8.88. The predicted octanol–water partition coefficient (Wildman–Crippen LogP) is 14.9. The van der Waals surface area contributed by atoms with E-state index < -0.39 is 0 Å². The first-order chi connectivity index (χ1) is 27.3. The third kappa shape index (κ3) is 5.09. The number of rotatable bonds is 5. The number of fused-ring (bicyclic) bond motifs is 6. The summed E-state index contributed by atoms with van der Waals surface area (Å²) in [5.41, 5.74) is 13.5. The molecule has 1 aromatic heterocycles. The van der Waals surface area contributed by atoms with E-state index in [1.807, 2.05) is 0 Å². The van der Waals surface area contributed by atoms with Crippen LogP contribution in [0.4, 0.5) is 0 Å². The number of benzene rings is 10. The normalized spacial score (nSPS) is 11.6. The van der Waals surface area contributed by atoms with Gasteiger partial charge in [-0.2, -0.15) is 0 Å². The summed E-state index contributed by atoms with van der Waals surface area (Å²) in [6.45, 7) is 0. The van der Waals surface area contributed by atoms with Crippen LogP contribution in [0.5, 0.6) is 0 Å². The minimum absolute atomic E-state index is 1.15. The van der Waals surface area contributed by atoms with Gasteiger partial charge in [0.2, 0.25) is 0 Å². The number of hydrogen-bond acceptors (Lipinski definition) is 0. The van der Waals surface area contributed by atoms with E-state index in [2.05, 4.69) is 217 Å². The van der Waals surface area contributed by atoms with Crippen molar-refractivity contribution in [2.75, 3.05) is 0 Å². The smallest absolute Gasteiger partial charge is 0.0541 e. The van der Waals surface area contributed by atoms with Crippen molar-refractivity contribution >= 4 is 54.1 Å². The van der Waals surface area contributed by atoms with Crippen molar-refractivity contribution in [1.29, 1.82) is 0 Å². The first-order valence-corrected chi connectivity index (χ1v) is 19.0. The zero-order valence-electron chi connectivity index (χ0n) is 30.2. The highest BCUT2D eigenvalue weighted by molar-refractivity contribution is 6.22. The highest BCUT2D eigenvalue weighted by Gasteiger charge is 2.19. The van der Waals surface area contributed by atoms with Gasteiger partial charge in [0.05, 0.1) is 11.0 Å². The number of aromatic nitrogens is 1. The Hall–Kier alpha value is -7.22. The van der Waals surface area contributed by atoms with Crippen LogP contribution >= 0.6 is 0 Å². The standard InChI is InChI=1S/C54H35N/c1-2-15-37(16-3-1)43-18-6-7-20-45(43)54-48-23-10-8-21-46(48)53(47-22-9-11-24-49(47)54)38-28-31-42(32-29-38)55-51-25-13-12-19-44(51)50-35-41(30-33-52(50)55)40-27-26-36-14-4-5-17-39(36)34-40/h1-35H. The Kier molecular flexibility index (Phi) is 7.25. The van der Waals surface area contributed by atoms with Crippen molar-refractivity contribution in [3.8, 4) is 50.2 Å². The van der Waals surface area contributed by atoms with Gasteiger partial charge < -0.3 is 4.57 Å². The number of nitrogens with zero attached hydrogens (tertiary/aromatic N) is 1. The van der Waals surface area contributed by atoms with Gasteiger partial charge in [0.1, 0.15) is 0 Å². The summed E-state index contributed by atoms with van der Waals surface area (Å²) in [6.07, 6.45) is 0. The SMILES string of the molecule is c1ccc(-c2ccccc2-c2c3ccccc3c(-c3ccc(-n4c5ccccc5c5cc(-c6ccc7ccccc7c6)ccc54)cc3)c3ccccc23)cc1. The summed E-state index contributed by atoms with van der Waals surface area (Å²) in [7, 11) is 0. The van der Waals surface area contributed by atoms with Crippen molar-refractivity contribution in [2.24, 2.45) is 0 Å². The van der Waals surface area contributed by atoms with Gasteiger partial charge in [-0.25, -0.2) is 0 Å². The molecule has 0 N–H and O–H groups in total. The summed E-state index contributed by atoms with van der Waals surface area (Å²) >= 11 is 0. The van der Waals surface area contributed by atoms with Crippen LogP contribution < -0.4 is 0 Å². The van der Waals surface area contributed by atoms with Crippen LogP contribution in [-0.2, 0) is 0 Å². The van der Waals surface area contributed by atoms with E-state index in [0.29, 0.717) is 0 Å². The van der Waals surface area contributed by atoms with E-state index in [0.717, 1.165) is 5.69 Å². The molecule has 1 nitrogen and oxygen atoms in total. The first-order valence-electron chi connectivity index (χ1n) is 19.0. The molecule has 11 rings (SSSR count). The molecule has 0 aliphatic carbocycles.